The molecular formula is C75H51N7. The standard InChI is InChI=1S/C75H51N7/c1-48-35-39-69-59(41-48)60-42-49(2)36-40-70(60)81(69)72-45-56(66-46-64(51-23-10-4-11-24-51)77-74(79-66)53-27-14-6-15-28-53)43-61(67-47-65(52-25-12-5-13-26-52)78-75(80-67)54-29-16-7-17-30-54)73(72)82-68-34-19-18-31-57(68)58-38-37-55(44-71(58)82)63-33-20-32-62(76-63)50-21-8-3-9-22-50/h3-47H,1-2H3. The predicted octanol–water partition coefficient (Wildman–Crippen LogP) is 18.8. The molecule has 0 atom stereocenters. The van der Waals surface area contributed by atoms with E-state index in [-0.39, 0.29) is 0 Å². The van der Waals surface area contributed by atoms with Gasteiger partial charge in [-0.1, -0.05) is 211 Å². The summed E-state index contributed by atoms with van der Waals surface area (Å²) in [5.74, 6) is 1.25. The summed E-state index contributed by atoms with van der Waals surface area (Å²) in [6.45, 7) is 4.35. The molecule has 0 amide bonds. The second kappa shape index (κ2) is 20.1. The van der Waals surface area contributed by atoms with Crippen LogP contribution in [0.1, 0.15) is 11.1 Å². The van der Waals surface area contributed by atoms with Gasteiger partial charge in [-0.15, -0.1) is 0 Å². The molecule has 15 rings (SSSR count). The summed E-state index contributed by atoms with van der Waals surface area (Å²) in [6.07, 6.45) is 0. The number of hydrogen-bond acceptors (Lipinski definition) is 5. The van der Waals surface area contributed by atoms with Gasteiger partial charge in [0, 0.05) is 66.1 Å². The molecule has 15 aromatic rings. The van der Waals surface area contributed by atoms with Crippen LogP contribution in [0.4, 0.5) is 0 Å². The zero-order valence-electron chi connectivity index (χ0n) is 45.1. The minimum Gasteiger partial charge on any atom is -0.307 e. The van der Waals surface area contributed by atoms with E-state index in [9.17, 15) is 0 Å². The Morgan fingerprint density at radius 2 is 0.683 bits per heavy atom. The van der Waals surface area contributed by atoms with Crippen LogP contribution in [0.2, 0.25) is 0 Å². The van der Waals surface area contributed by atoms with Crippen LogP contribution in [0.25, 0.3) is 145 Å². The van der Waals surface area contributed by atoms with Crippen LogP contribution in [0.15, 0.2) is 273 Å². The summed E-state index contributed by atoms with van der Waals surface area (Å²) in [5.41, 5.74) is 21.1. The van der Waals surface area contributed by atoms with Gasteiger partial charge in [-0.2, -0.15) is 0 Å². The van der Waals surface area contributed by atoms with Crippen molar-refractivity contribution >= 4 is 43.6 Å². The van der Waals surface area contributed by atoms with Gasteiger partial charge in [-0.25, -0.2) is 24.9 Å². The van der Waals surface area contributed by atoms with E-state index in [4.69, 9.17) is 24.9 Å². The third kappa shape index (κ3) is 8.60. The van der Waals surface area contributed by atoms with E-state index in [0.717, 1.165) is 123 Å². The maximum absolute atomic E-state index is 5.69. The van der Waals surface area contributed by atoms with Crippen molar-refractivity contribution in [2.45, 2.75) is 13.8 Å². The fraction of sp³-hybridized carbons (Fsp3) is 0.0267. The van der Waals surface area contributed by atoms with E-state index < -0.39 is 0 Å². The maximum Gasteiger partial charge on any atom is 0.160 e. The van der Waals surface area contributed by atoms with Crippen LogP contribution >= 0.6 is 0 Å². The molecule has 82 heavy (non-hydrogen) atoms. The van der Waals surface area contributed by atoms with Gasteiger partial charge in [-0.05, 0) is 86.6 Å². The summed E-state index contributed by atoms with van der Waals surface area (Å²) in [6, 6.07) is 96.3. The summed E-state index contributed by atoms with van der Waals surface area (Å²) in [4.78, 5) is 27.2. The van der Waals surface area contributed by atoms with Gasteiger partial charge in [0.1, 0.15) is 0 Å². The molecular weight excluding hydrogens is 999 g/mol. The van der Waals surface area contributed by atoms with E-state index in [1.807, 2.05) is 54.6 Å². The van der Waals surface area contributed by atoms with Crippen molar-refractivity contribution in [3.8, 4) is 102 Å². The number of pyridine rings is 1. The van der Waals surface area contributed by atoms with Gasteiger partial charge < -0.3 is 9.13 Å². The highest BCUT2D eigenvalue weighted by Gasteiger charge is 2.27. The largest absolute Gasteiger partial charge is 0.307 e. The zero-order chi connectivity index (χ0) is 54.7. The highest BCUT2D eigenvalue weighted by molar-refractivity contribution is 6.13. The third-order valence-electron chi connectivity index (χ3n) is 15.6. The molecule has 0 spiro atoms. The summed E-state index contributed by atoms with van der Waals surface area (Å²) in [7, 11) is 0. The molecule has 7 heteroatoms. The Balaban J connectivity index is 1.12. The van der Waals surface area contributed by atoms with E-state index in [1.165, 1.54) is 21.9 Å². The Morgan fingerprint density at radius 1 is 0.244 bits per heavy atom. The average molecular weight is 1050 g/mol. The Labute approximate surface area is 474 Å². The zero-order valence-corrected chi connectivity index (χ0v) is 45.1. The molecule has 0 bridgehead atoms. The van der Waals surface area contributed by atoms with Gasteiger partial charge in [0.25, 0.3) is 0 Å². The number of nitrogens with zero attached hydrogens (tertiary/aromatic N) is 7. The Bertz CT molecular complexity index is 4740. The molecule has 0 aliphatic rings. The fourth-order valence-electron chi connectivity index (χ4n) is 11.7. The molecule has 0 saturated carbocycles. The molecule has 10 aromatic carbocycles. The van der Waals surface area contributed by atoms with Crippen molar-refractivity contribution in [2.75, 3.05) is 0 Å². The molecule has 0 saturated heterocycles. The molecule has 0 radical (unpaired) electrons. The minimum atomic E-state index is 0.617. The van der Waals surface area contributed by atoms with E-state index in [1.54, 1.807) is 0 Å². The molecule has 0 aliphatic carbocycles. The molecule has 7 nitrogen and oxygen atoms in total. The van der Waals surface area contributed by atoms with Crippen molar-refractivity contribution in [1.82, 2.24) is 34.1 Å². The quantitative estimate of drug-likeness (QED) is 0.136. The first-order valence-corrected chi connectivity index (χ1v) is 27.7. The topological polar surface area (TPSA) is 74.3 Å². The van der Waals surface area contributed by atoms with Gasteiger partial charge in [0.05, 0.1) is 67.6 Å². The Kier molecular flexibility index (Phi) is 11.8. The first-order valence-electron chi connectivity index (χ1n) is 27.7. The second-order valence-electron chi connectivity index (χ2n) is 21.0. The maximum atomic E-state index is 5.69. The molecule has 0 fully saturated rings. The van der Waals surface area contributed by atoms with Crippen LogP contribution in [-0.2, 0) is 0 Å². The summed E-state index contributed by atoms with van der Waals surface area (Å²) >= 11 is 0. The normalized spacial score (nSPS) is 11.5. The van der Waals surface area contributed by atoms with Gasteiger partial charge in [-0.3, -0.25) is 0 Å². The second-order valence-corrected chi connectivity index (χ2v) is 21.0. The van der Waals surface area contributed by atoms with Gasteiger partial charge in [0.2, 0.25) is 0 Å². The Hall–Kier alpha value is -10.9. The number of para-hydroxylation sites is 1. The monoisotopic (exact) mass is 1050 g/mol. The lowest BCUT2D eigenvalue weighted by molar-refractivity contribution is 1.09. The minimum absolute atomic E-state index is 0.617. The number of fused-ring (bicyclic) bond motifs is 6. The molecule has 0 unspecified atom stereocenters. The number of aromatic nitrogens is 7. The van der Waals surface area contributed by atoms with Gasteiger partial charge >= 0.3 is 0 Å². The lowest BCUT2D eigenvalue weighted by atomic mass is 9.97. The molecule has 386 valence electrons. The van der Waals surface area contributed by atoms with Crippen molar-refractivity contribution in [2.24, 2.45) is 0 Å². The average Bonchev–Trinajstić information content (AvgIpc) is 2.52. The third-order valence-corrected chi connectivity index (χ3v) is 15.6. The number of rotatable bonds is 10. The fourth-order valence-corrected chi connectivity index (χ4v) is 11.7. The molecule has 5 aromatic heterocycles. The van der Waals surface area contributed by atoms with Crippen molar-refractivity contribution < 1.29 is 0 Å². The van der Waals surface area contributed by atoms with Crippen molar-refractivity contribution in [3.63, 3.8) is 0 Å². The SMILES string of the molecule is Cc1ccc2c(c1)c1cc(C)ccc1n2-c1cc(-c2cc(-c3ccccc3)nc(-c3ccccc3)n2)cc(-c2cc(-c3ccccc3)nc(-c3ccccc3)n2)c1-n1c2ccccc2c2ccc(-c3cccc(-c4ccccc4)n3)cc21. The van der Waals surface area contributed by atoms with E-state index in [0.29, 0.717) is 11.6 Å². The van der Waals surface area contributed by atoms with Crippen molar-refractivity contribution in [3.05, 3.63) is 284 Å². The first-order chi connectivity index (χ1) is 40.5. The lowest BCUT2D eigenvalue weighted by Crippen LogP contribution is -2.08. The number of benzene rings is 10. The molecule has 0 aliphatic heterocycles. The number of hydrogen-bond donors (Lipinski definition) is 0. The molecule has 0 N–H and O–H groups in total. The first kappa shape index (κ1) is 48.3. The number of aryl methyl sites for hydroxylation is 2. The molecule has 5 heterocycles. The lowest BCUT2D eigenvalue weighted by Gasteiger charge is -2.23. The summed E-state index contributed by atoms with van der Waals surface area (Å²) < 4.78 is 4.94. The van der Waals surface area contributed by atoms with Crippen LogP contribution in [-0.4, -0.2) is 34.1 Å². The van der Waals surface area contributed by atoms with Crippen LogP contribution in [0.5, 0.6) is 0 Å². The van der Waals surface area contributed by atoms with Crippen LogP contribution in [0, 0.1) is 13.8 Å². The summed E-state index contributed by atoms with van der Waals surface area (Å²) in [5, 5.41) is 4.58. The Morgan fingerprint density at radius 3 is 1.24 bits per heavy atom. The predicted molar refractivity (Wildman–Crippen MR) is 337 cm³/mol. The highest BCUT2D eigenvalue weighted by atomic mass is 15.1. The van der Waals surface area contributed by atoms with Crippen LogP contribution in [0.3, 0.4) is 0 Å². The van der Waals surface area contributed by atoms with Crippen molar-refractivity contribution in [1.29, 1.82) is 0 Å². The van der Waals surface area contributed by atoms with Gasteiger partial charge in [0.15, 0.2) is 11.6 Å². The highest BCUT2D eigenvalue weighted by Crippen LogP contribution is 2.46. The van der Waals surface area contributed by atoms with E-state index >= 15 is 0 Å². The van der Waals surface area contributed by atoms with E-state index in [2.05, 4.69) is 241 Å². The van der Waals surface area contributed by atoms with Crippen LogP contribution < -0.4 is 0 Å². The smallest absolute Gasteiger partial charge is 0.160 e.